The van der Waals surface area contributed by atoms with Gasteiger partial charge in [-0.3, -0.25) is 0 Å². The van der Waals surface area contributed by atoms with Crippen molar-refractivity contribution in [2.45, 2.75) is 29.1 Å². The van der Waals surface area contributed by atoms with Gasteiger partial charge in [0.1, 0.15) is 11.5 Å². The Morgan fingerprint density at radius 2 is 1.68 bits per heavy atom. The number of benzene rings is 2. The summed E-state index contributed by atoms with van der Waals surface area (Å²) in [6, 6.07) is 8.45. The molecule has 2 aromatic carbocycles. The maximum Gasteiger partial charge on any atom is 0.453 e. The molecular weight excluding hydrogens is 467 g/mol. The topological polar surface area (TPSA) is 30.7 Å². The molecule has 0 aliphatic heterocycles. The first kappa shape index (κ1) is 23.5. The molecule has 0 N–H and O–H groups in total. The van der Waals surface area contributed by atoms with Crippen LogP contribution >= 0.6 is 23.5 Å². The number of thioether (sulfide) groups is 2. The summed E-state index contributed by atoms with van der Waals surface area (Å²) in [6.07, 6.45) is -7.66. The van der Waals surface area contributed by atoms with Gasteiger partial charge < -0.3 is 0 Å². The van der Waals surface area contributed by atoms with Crippen LogP contribution in [0.15, 0.2) is 46.2 Å². The van der Waals surface area contributed by atoms with Crippen LogP contribution in [0, 0.1) is 12.7 Å². The molecule has 0 saturated heterocycles. The van der Waals surface area contributed by atoms with Crippen molar-refractivity contribution in [3.63, 3.8) is 0 Å². The Balaban J connectivity index is 2.21. The lowest BCUT2D eigenvalue weighted by atomic mass is 10.2. The van der Waals surface area contributed by atoms with E-state index in [0.29, 0.717) is 21.3 Å². The molecule has 0 aliphatic carbocycles. The Kier molecular flexibility index (Phi) is 6.61. The zero-order chi connectivity index (χ0) is 23.0. The molecule has 1 aromatic heterocycles. The van der Waals surface area contributed by atoms with Gasteiger partial charge in [-0.15, -0.1) is 28.6 Å². The van der Waals surface area contributed by atoms with E-state index in [2.05, 4.69) is 10.1 Å². The molecule has 3 rings (SSSR count). The molecule has 166 valence electrons. The second-order valence-electron chi connectivity index (χ2n) is 6.34. The number of alkyl halides is 6. The maximum atomic E-state index is 14.8. The predicted molar refractivity (Wildman–Crippen MR) is 105 cm³/mol. The van der Waals surface area contributed by atoms with Crippen molar-refractivity contribution < 1.29 is 30.7 Å². The number of hydrogen-bond donors (Lipinski definition) is 0. The summed E-state index contributed by atoms with van der Waals surface area (Å²) < 4.78 is 93.3. The second kappa shape index (κ2) is 8.73. The van der Waals surface area contributed by atoms with E-state index in [1.54, 1.807) is 24.5 Å². The Labute approximate surface area is 181 Å². The molecule has 0 aliphatic rings. The molecule has 0 radical (unpaired) electrons. The van der Waals surface area contributed by atoms with Crippen LogP contribution in [-0.2, 0) is 6.18 Å². The van der Waals surface area contributed by atoms with Gasteiger partial charge in [-0.1, -0.05) is 18.2 Å². The molecule has 0 spiro atoms. The standard InChI is InChI=1S/C19H14F7N3S2/c1-10-7-12(20)13(8-15(10)31-9-18(21,22)23)29-16(27-17(28-29)19(24,25)26)11-5-3-4-6-14(11)30-2/h3-8H,9H2,1-2H3. The van der Waals surface area contributed by atoms with Crippen molar-refractivity contribution in [3.8, 4) is 17.1 Å². The summed E-state index contributed by atoms with van der Waals surface area (Å²) in [4.78, 5) is 4.22. The lowest BCUT2D eigenvalue weighted by Gasteiger charge is -2.13. The average Bonchev–Trinajstić information content (AvgIpc) is 3.12. The van der Waals surface area contributed by atoms with Crippen LogP contribution in [0.25, 0.3) is 17.1 Å². The first-order valence-electron chi connectivity index (χ1n) is 8.58. The van der Waals surface area contributed by atoms with Crippen molar-refractivity contribution in [1.82, 2.24) is 14.8 Å². The highest BCUT2D eigenvalue weighted by Crippen LogP contribution is 2.36. The van der Waals surface area contributed by atoms with Gasteiger partial charge in [0.2, 0.25) is 0 Å². The third kappa shape index (κ3) is 5.35. The molecule has 0 fully saturated rings. The van der Waals surface area contributed by atoms with Crippen LogP contribution in [0.2, 0.25) is 0 Å². The van der Waals surface area contributed by atoms with Crippen LogP contribution < -0.4 is 0 Å². The van der Waals surface area contributed by atoms with E-state index in [4.69, 9.17) is 0 Å². The van der Waals surface area contributed by atoms with Crippen molar-refractivity contribution in [3.05, 3.63) is 53.6 Å². The summed E-state index contributed by atoms with van der Waals surface area (Å²) in [5.41, 5.74) is 0.0735. The van der Waals surface area contributed by atoms with Crippen LogP contribution in [0.1, 0.15) is 11.4 Å². The predicted octanol–water partition coefficient (Wildman–Crippen LogP) is 6.78. The highest BCUT2D eigenvalue weighted by Gasteiger charge is 2.38. The molecule has 31 heavy (non-hydrogen) atoms. The second-order valence-corrected chi connectivity index (χ2v) is 8.21. The molecular formula is C19H14F7N3S2. The maximum absolute atomic E-state index is 14.8. The molecule has 3 aromatic rings. The van der Waals surface area contributed by atoms with Crippen molar-refractivity contribution in [1.29, 1.82) is 0 Å². The summed E-state index contributed by atoms with van der Waals surface area (Å²) in [5, 5.41) is 3.44. The van der Waals surface area contributed by atoms with E-state index in [0.717, 1.165) is 12.1 Å². The first-order chi connectivity index (χ1) is 14.4. The Morgan fingerprint density at radius 1 is 1.00 bits per heavy atom. The number of halogens is 7. The monoisotopic (exact) mass is 481 g/mol. The van der Waals surface area contributed by atoms with E-state index in [9.17, 15) is 30.7 Å². The minimum absolute atomic E-state index is 0.0712. The number of hydrogen-bond acceptors (Lipinski definition) is 4. The van der Waals surface area contributed by atoms with E-state index >= 15 is 0 Å². The Bertz CT molecular complexity index is 1090. The smallest absolute Gasteiger partial charge is 0.210 e. The fraction of sp³-hybridized carbons (Fsp3) is 0.263. The molecule has 0 saturated carbocycles. The fourth-order valence-corrected chi connectivity index (χ4v) is 4.12. The first-order valence-corrected chi connectivity index (χ1v) is 10.8. The summed E-state index contributed by atoms with van der Waals surface area (Å²) in [5.74, 6) is -3.92. The third-order valence-electron chi connectivity index (χ3n) is 4.07. The SMILES string of the molecule is CSc1ccccc1-c1nc(C(F)(F)F)nn1-c1cc(SCC(F)(F)F)c(C)cc1F. The summed E-state index contributed by atoms with van der Waals surface area (Å²) in [7, 11) is 0. The third-order valence-corrected chi connectivity index (χ3v) is 6.09. The zero-order valence-corrected chi connectivity index (χ0v) is 17.6. The van der Waals surface area contributed by atoms with Crippen LogP contribution in [0.3, 0.4) is 0 Å². The normalized spacial score (nSPS) is 12.4. The Morgan fingerprint density at radius 3 is 2.29 bits per heavy atom. The molecule has 0 unspecified atom stereocenters. The molecule has 12 heteroatoms. The van der Waals surface area contributed by atoms with E-state index in [-0.39, 0.29) is 21.8 Å². The van der Waals surface area contributed by atoms with Gasteiger partial charge >= 0.3 is 12.4 Å². The molecule has 3 nitrogen and oxygen atoms in total. The largest absolute Gasteiger partial charge is 0.453 e. The Hall–Kier alpha value is -2.21. The highest BCUT2D eigenvalue weighted by molar-refractivity contribution is 7.99. The molecule has 1 heterocycles. The fourth-order valence-electron chi connectivity index (χ4n) is 2.72. The summed E-state index contributed by atoms with van der Waals surface area (Å²) >= 11 is 1.66. The van der Waals surface area contributed by atoms with Gasteiger partial charge in [-0.2, -0.15) is 26.3 Å². The molecule has 0 bridgehead atoms. The van der Waals surface area contributed by atoms with Gasteiger partial charge in [-0.05, 0) is 36.9 Å². The molecule has 0 amide bonds. The number of aryl methyl sites for hydroxylation is 1. The quantitative estimate of drug-likeness (QED) is 0.297. The number of aromatic nitrogens is 3. The van der Waals surface area contributed by atoms with Crippen molar-refractivity contribution in [2.75, 3.05) is 12.0 Å². The lowest BCUT2D eigenvalue weighted by molar-refractivity contribution is -0.144. The molecule has 0 atom stereocenters. The minimum Gasteiger partial charge on any atom is -0.210 e. The minimum atomic E-state index is -4.90. The average molecular weight is 481 g/mol. The van der Waals surface area contributed by atoms with Crippen molar-refractivity contribution in [2.24, 2.45) is 0 Å². The number of rotatable bonds is 5. The number of nitrogens with zero attached hydrogens (tertiary/aromatic N) is 3. The summed E-state index contributed by atoms with van der Waals surface area (Å²) in [6.45, 7) is 1.41. The van der Waals surface area contributed by atoms with Gasteiger partial charge in [0.25, 0.3) is 5.82 Å². The van der Waals surface area contributed by atoms with Crippen molar-refractivity contribution >= 4 is 23.5 Å². The van der Waals surface area contributed by atoms with E-state index in [1.165, 1.54) is 24.8 Å². The van der Waals surface area contributed by atoms with Crippen LogP contribution in [-0.4, -0.2) is 32.9 Å². The van der Waals surface area contributed by atoms with Gasteiger partial charge in [0.15, 0.2) is 5.82 Å². The van der Waals surface area contributed by atoms with E-state index in [1.807, 2.05) is 0 Å². The van der Waals surface area contributed by atoms with Gasteiger partial charge in [0.05, 0.1) is 5.75 Å². The van der Waals surface area contributed by atoms with Gasteiger partial charge in [0, 0.05) is 15.4 Å². The van der Waals surface area contributed by atoms with Gasteiger partial charge in [-0.25, -0.2) is 14.1 Å². The van der Waals surface area contributed by atoms with Crippen LogP contribution in [0.5, 0.6) is 0 Å². The van der Waals surface area contributed by atoms with Crippen LogP contribution in [0.4, 0.5) is 30.7 Å². The highest BCUT2D eigenvalue weighted by atomic mass is 32.2. The zero-order valence-electron chi connectivity index (χ0n) is 16.0. The van der Waals surface area contributed by atoms with E-state index < -0.39 is 35.4 Å². The lowest BCUT2D eigenvalue weighted by Crippen LogP contribution is -2.11.